The number of hydrogen-bond acceptors (Lipinski definition) is 4. The van der Waals surface area contributed by atoms with E-state index in [2.05, 4.69) is 5.32 Å². The highest BCUT2D eigenvalue weighted by Gasteiger charge is 2.22. The summed E-state index contributed by atoms with van der Waals surface area (Å²) in [6, 6.07) is 18.4. The molecule has 0 spiro atoms. The van der Waals surface area contributed by atoms with Crippen LogP contribution in [-0.4, -0.2) is 21.0 Å². The Morgan fingerprint density at radius 3 is 2.54 bits per heavy atom. The van der Waals surface area contributed by atoms with Crippen LogP contribution >= 0.6 is 0 Å². The molecular weight excluding hydrogens is 448 g/mol. The van der Waals surface area contributed by atoms with E-state index in [4.69, 9.17) is 9.97 Å². The standard InChI is InChI=1S/C28H23F2N3O2/c29-22-12-9-18(13-23(22)30)15-26(35)33-28-25(14-17-5-2-1-3-6-17)31-27-21-11-10-20(34)16-19(21)7-4-8-24(27)32-28/h1-3,5-6,9-13,16,34H,4,7-8,14-15H2,(H,32,33,35). The molecule has 7 heteroatoms. The van der Waals surface area contributed by atoms with Gasteiger partial charge in [-0.1, -0.05) is 36.4 Å². The van der Waals surface area contributed by atoms with E-state index in [9.17, 15) is 18.7 Å². The quantitative estimate of drug-likeness (QED) is 0.409. The van der Waals surface area contributed by atoms with E-state index in [-0.39, 0.29) is 12.2 Å². The van der Waals surface area contributed by atoms with E-state index in [0.717, 1.165) is 53.1 Å². The van der Waals surface area contributed by atoms with Gasteiger partial charge in [-0.05, 0) is 66.3 Å². The third kappa shape index (κ3) is 5.04. The zero-order valence-corrected chi connectivity index (χ0v) is 18.9. The van der Waals surface area contributed by atoms with Gasteiger partial charge in [-0.25, -0.2) is 18.7 Å². The summed E-state index contributed by atoms with van der Waals surface area (Å²) in [5, 5.41) is 12.8. The van der Waals surface area contributed by atoms with Gasteiger partial charge in [0.2, 0.25) is 5.91 Å². The van der Waals surface area contributed by atoms with Crippen molar-refractivity contribution in [2.24, 2.45) is 0 Å². The number of aromatic hydroxyl groups is 1. The molecule has 1 aromatic heterocycles. The Bertz CT molecular complexity index is 1410. The Labute approximate surface area is 201 Å². The first-order valence-electron chi connectivity index (χ1n) is 11.5. The van der Waals surface area contributed by atoms with Crippen molar-refractivity contribution in [3.8, 4) is 17.0 Å². The van der Waals surface area contributed by atoms with Gasteiger partial charge in [0.15, 0.2) is 17.5 Å². The number of amides is 1. The second kappa shape index (κ2) is 9.62. The van der Waals surface area contributed by atoms with Crippen LogP contribution in [0.3, 0.4) is 0 Å². The lowest BCUT2D eigenvalue weighted by Gasteiger charge is -2.15. The smallest absolute Gasteiger partial charge is 0.229 e. The van der Waals surface area contributed by atoms with Crippen LogP contribution in [0.2, 0.25) is 0 Å². The van der Waals surface area contributed by atoms with Crippen LogP contribution in [0.1, 0.15) is 34.5 Å². The molecule has 2 N–H and O–H groups in total. The molecule has 35 heavy (non-hydrogen) atoms. The summed E-state index contributed by atoms with van der Waals surface area (Å²) in [5.74, 6) is -1.76. The highest BCUT2D eigenvalue weighted by Crippen LogP contribution is 2.34. The number of phenols is 1. The summed E-state index contributed by atoms with van der Waals surface area (Å²) < 4.78 is 26.8. The molecule has 1 aliphatic rings. The van der Waals surface area contributed by atoms with Crippen LogP contribution in [0.25, 0.3) is 11.3 Å². The molecule has 5 nitrogen and oxygen atoms in total. The van der Waals surface area contributed by atoms with Crippen LogP contribution in [0.15, 0.2) is 66.7 Å². The van der Waals surface area contributed by atoms with Gasteiger partial charge in [-0.15, -0.1) is 0 Å². The monoisotopic (exact) mass is 471 g/mol. The molecule has 0 unspecified atom stereocenters. The van der Waals surface area contributed by atoms with E-state index < -0.39 is 17.5 Å². The van der Waals surface area contributed by atoms with Crippen LogP contribution in [0.5, 0.6) is 5.75 Å². The number of nitrogens with zero attached hydrogens (tertiary/aromatic N) is 2. The van der Waals surface area contributed by atoms with E-state index >= 15 is 0 Å². The van der Waals surface area contributed by atoms with Gasteiger partial charge in [-0.2, -0.15) is 0 Å². The fraction of sp³-hybridized carbons (Fsp3) is 0.179. The van der Waals surface area contributed by atoms with Crippen LogP contribution < -0.4 is 5.32 Å². The Hall–Kier alpha value is -4.13. The van der Waals surface area contributed by atoms with Crippen molar-refractivity contribution in [3.05, 3.63) is 106 Å². The van der Waals surface area contributed by atoms with Gasteiger partial charge < -0.3 is 10.4 Å². The molecule has 0 atom stereocenters. The summed E-state index contributed by atoms with van der Waals surface area (Å²) in [7, 11) is 0. The highest BCUT2D eigenvalue weighted by molar-refractivity contribution is 5.92. The zero-order chi connectivity index (χ0) is 24.4. The number of carbonyl (C=O) groups is 1. The van der Waals surface area contributed by atoms with E-state index in [1.54, 1.807) is 12.1 Å². The number of rotatable bonds is 5. The van der Waals surface area contributed by atoms with Gasteiger partial charge in [-0.3, -0.25) is 4.79 Å². The summed E-state index contributed by atoms with van der Waals surface area (Å²) in [4.78, 5) is 22.6. The molecule has 176 valence electrons. The predicted molar refractivity (Wildman–Crippen MR) is 129 cm³/mol. The van der Waals surface area contributed by atoms with Crippen molar-refractivity contribution in [1.29, 1.82) is 0 Å². The molecule has 0 radical (unpaired) electrons. The van der Waals surface area contributed by atoms with Crippen LogP contribution in [-0.2, 0) is 30.5 Å². The molecule has 0 bridgehead atoms. The average Bonchev–Trinajstić information content (AvgIpc) is 3.00. The Kier molecular flexibility index (Phi) is 6.23. The number of fused-ring (bicyclic) bond motifs is 3. The van der Waals surface area contributed by atoms with Gasteiger partial charge >= 0.3 is 0 Å². The number of carbonyl (C=O) groups excluding carboxylic acids is 1. The van der Waals surface area contributed by atoms with Gasteiger partial charge in [0.1, 0.15) is 5.75 Å². The van der Waals surface area contributed by atoms with Gasteiger partial charge in [0, 0.05) is 12.0 Å². The molecule has 1 heterocycles. The molecule has 3 aromatic carbocycles. The Balaban J connectivity index is 1.52. The fourth-order valence-electron chi connectivity index (χ4n) is 4.38. The maximum atomic E-state index is 13.6. The second-order valence-electron chi connectivity index (χ2n) is 8.65. The average molecular weight is 472 g/mol. The molecule has 1 aliphatic carbocycles. The number of aromatic nitrogens is 2. The van der Waals surface area contributed by atoms with Crippen molar-refractivity contribution >= 4 is 11.7 Å². The predicted octanol–water partition coefficient (Wildman–Crippen LogP) is 5.39. The first-order valence-corrected chi connectivity index (χ1v) is 11.5. The van der Waals surface area contributed by atoms with Crippen molar-refractivity contribution in [1.82, 2.24) is 9.97 Å². The number of halogens is 2. The minimum Gasteiger partial charge on any atom is -0.508 e. The van der Waals surface area contributed by atoms with E-state index in [1.165, 1.54) is 6.07 Å². The topological polar surface area (TPSA) is 75.1 Å². The number of aryl methyl sites for hydroxylation is 2. The highest BCUT2D eigenvalue weighted by atomic mass is 19.2. The third-order valence-electron chi connectivity index (χ3n) is 6.06. The molecule has 4 aromatic rings. The SMILES string of the molecule is O=C(Cc1ccc(F)c(F)c1)Nc1nc2c(nc1Cc1ccccc1)-c1ccc(O)cc1CCC2. The molecule has 5 rings (SSSR count). The largest absolute Gasteiger partial charge is 0.508 e. The molecule has 1 amide bonds. The zero-order valence-electron chi connectivity index (χ0n) is 18.9. The molecule has 0 aliphatic heterocycles. The minimum absolute atomic E-state index is 0.122. The molecular formula is C28H23F2N3O2. The fourth-order valence-corrected chi connectivity index (χ4v) is 4.38. The molecule has 0 fully saturated rings. The normalized spacial score (nSPS) is 12.4. The number of anilines is 1. The van der Waals surface area contributed by atoms with Crippen molar-refractivity contribution < 1.29 is 18.7 Å². The maximum Gasteiger partial charge on any atom is 0.229 e. The van der Waals surface area contributed by atoms with Gasteiger partial charge in [0.25, 0.3) is 0 Å². The first kappa shape index (κ1) is 22.7. The first-order chi connectivity index (χ1) is 17.0. The lowest BCUT2D eigenvalue weighted by molar-refractivity contribution is -0.115. The Morgan fingerprint density at radius 2 is 1.74 bits per heavy atom. The summed E-state index contributed by atoms with van der Waals surface area (Å²) >= 11 is 0. The van der Waals surface area contributed by atoms with Gasteiger partial charge in [0.05, 0.1) is 23.5 Å². The lowest BCUT2D eigenvalue weighted by Crippen LogP contribution is -2.19. The lowest BCUT2D eigenvalue weighted by atomic mass is 10.0. The summed E-state index contributed by atoms with van der Waals surface area (Å²) in [6.07, 6.45) is 2.62. The Morgan fingerprint density at radius 1 is 0.914 bits per heavy atom. The second-order valence-corrected chi connectivity index (χ2v) is 8.65. The van der Waals surface area contributed by atoms with Crippen molar-refractivity contribution in [2.75, 3.05) is 5.32 Å². The van der Waals surface area contributed by atoms with Crippen molar-refractivity contribution in [3.63, 3.8) is 0 Å². The minimum atomic E-state index is -0.991. The number of benzene rings is 3. The van der Waals surface area contributed by atoms with Crippen LogP contribution in [0.4, 0.5) is 14.6 Å². The van der Waals surface area contributed by atoms with E-state index in [1.807, 2.05) is 36.4 Å². The summed E-state index contributed by atoms with van der Waals surface area (Å²) in [5.41, 5.74) is 5.45. The molecule has 0 saturated heterocycles. The number of nitrogens with one attached hydrogen (secondary N) is 1. The number of phenolic OH excluding ortho intramolecular Hbond substituents is 1. The van der Waals surface area contributed by atoms with Crippen molar-refractivity contribution in [2.45, 2.75) is 32.1 Å². The van der Waals surface area contributed by atoms with E-state index in [0.29, 0.717) is 29.9 Å². The number of hydrogen-bond donors (Lipinski definition) is 2. The third-order valence-corrected chi connectivity index (χ3v) is 6.06. The maximum absolute atomic E-state index is 13.6. The molecule has 0 saturated carbocycles. The van der Waals surface area contributed by atoms with Crippen LogP contribution in [0, 0.1) is 11.6 Å². The summed E-state index contributed by atoms with van der Waals surface area (Å²) in [6.45, 7) is 0.